The zero-order valence-electron chi connectivity index (χ0n) is 14.2. The predicted octanol–water partition coefficient (Wildman–Crippen LogP) is 4.98. The second kappa shape index (κ2) is 8.91. The first-order valence-corrected chi connectivity index (χ1v) is 8.34. The topological polar surface area (TPSA) is 62.1 Å². The van der Waals surface area contributed by atoms with Crippen LogP contribution in [-0.2, 0) is 4.79 Å². The van der Waals surface area contributed by atoms with Gasteiger partial charge in [-0.2, -0.15) is 5.26 Å². The van der Waals surface area contributed by atoms with Crippen molar-refractivity contribution in [3.8, 4) is 11.8 Å². The highest BCUT2D eigenvalue weighted by atomic mass is 35.5. The Kier molecular flexibility index (Phi) is 6.62. The fourth-order valence-electron chi connectivity index (χ4n) is 2.20. The molecule has 2 aromatic rings. The molecule has 1 N–H and O–H groups in total. The Morgan fingerprint density at radius 1 is 1.32 bits per heavy atom. The van der Waals surface area contributed by atoms with E-state index in [-0.39, 0.29) is 5.57 Å². The zero-order chi connectivity index (χ0) is 18.2. The number of anilines is 1. The summed E-state index contributed by atoms with van der Waals surface area (Å²) in [6.45, 7) is 4.43. The Balaban J connectivity index is 2.25. The van der Waals surface area contributed by atoms with Gasteiger partial charge in [-0.15, -0.1) is 0 Å². The average molecular weight is 355 g/mol. The number of para-hydroxylation sites is 1. The SMILES string of the molecule is CCCOc1ccccc1/C=C(\C#N)C(=O)Nc1ccc(Cl)cc1C. The van der Waals surface area contributed by atoms with Crippen molar-refractivity contribution in [3.05, 3.63) is 64.2 Å². The lowest BCUT2D eigenvalue weighted by Crippen LogP contribution is -2.14. The molecule has 0 spiro atoms. The van der Waals surface area contributed by atoms with Crippen LogP contribution < -0.4 is 10.1 Å². The summed E-state index contributed by atoms with van der Waals surface area (Å²) in [5.74, 6) is 0.172. The molecule has 2 rings (SSSR count). The van der Waals surface area contributed by atoms with E-state index < -0.39 is 5.91 Å². The number of rotatable bonds is 6. The first-order chi connectivity index (χ1) is 12.0. The van der Waals surface area contributed by atoms with Crippen LogP contribution in [0.15, 0.2) is 48.0 Å². The maximum Gasteiger partial charge on any atom is 0.266 e. The first-order valence-electron chi connectivity index (χ1n) is 7.96. The molecular formula is C20H19ClN2O2. The van der Waals surface area contributed by atoms with Crippen LogP contribution in [0.1, 0.15) is 24.5 Å². The quantitative estimate of drug-likeness (QED) is 0.587. The number of nitrogens with zero attached hydrogens (tertiary/aromatic N) is 1. The Morgan fingerprint density at radius 2 is 2.08 bits per heavy atom. The van der Waals surface area contributed by atoms with Gasteiger partial charge < -0.3 is 10.1 Å². The molecule has 0 fully saturated rings. The predicted molar refractivity (Wildman–Crippen MR) is 101 cm³/mol. The number of amides is 1. The largest absolute Gasteiger partial charge is 0.493 e. The van der Waals surface area contributed by atoms with Crippen LogP contribution in [0.4, 0.5) is 5.69 Å². The molecule has 5 heteroatoms. The highest BCUT2D eigenvalue weighted by molar-refractivity contribution is 6.30. The number of ether oxygens (including phenoxy) is 1. The number of carbonyl (C=O) groups is 1. The van der Waals surface area contributed by atoms with Crippen LogP contribution in [0.3, 0.4) is 0 Å². The standard InChI is InChI=1S/C20H19ClN2O2/c1-3-10-25-19-7-5-4-6-15(19)12-16(13-22)20(24)23-18-9-8-17(21)11-14(18)2/h4-9,11-12H,3,10H2,1-2H3,(H,23,24)/b16-12+. The molecular weight excluding hydrogens is 336 g/mol. The fraction of sp³-hybridized carbons (Fsp3) is 0.200. The van der Waals surface area contributed by atoms with E-state index >= 15 is 0 Å². The van der Waals surface area contributed by atoms with Crippen LogP contribution >= 0.6 is 11.6 Å². The number of carbonyl (C=O) groups excluding carboxylic acids is 1. The first kappa shape index (κ1) is 18.6. The maximum absolute atomic E-state index is 12.4. The number of benzene rings is 2. The number of aryl methyl sites for hydroxylation is 1. The van der Waals surface area contributed by atoms with Crippen molar-refractivity contribution in [1.29, 1.82) is 5.26 Å². The highest BCUT2D eigenvalue weighted by Crippen LogP contribution is 2.23. The van der Waals surface area contributed by atoms with Crippen molar-refractivity contribution in [2.45, 2.75) is 20.3 Å². The summed E-state index contributed by atoms with van der Waals surface area (Å²) in [5.41, 5.74) is 2.13. The molecule has 0 aromatic heterocycles. The molecule has 0 bridgehead atoms. The number of nitriles is 1. The van der Waals surface area contributed by atoms with Crippen molar-refractivity contribution in [3.63, 3.8) is 0 Å². The summed E-state index contributed by atoms with van der Waals surface area (Å²) in [7, 11) is 0. The van der Waals surface area contributed by atoms with Crippen LogP contribution in [-0.4, -0.2) is 12.5 Å². The molecule has 4 nitrogen and oxygen atoms in total. The van der Waals surface area contributed by atoms with Gasteiger partial charge in [-0.1, -0.05) is 36.7 Å². The van der Waals surface area contributed by atoms with Gasteiger partial charge in [-0.05, 0) is 49.2 Å². The van der Waals surface area contributed by atoms with Crippen molar-refractivity contribution >= 4 is 29.3 Å². The molecule has 0 unspecified atom stereocenters. The minimum Gasteiger partial charge on any atom is -0.493 e. The Morgan fingerprint density at radius 3 is 2.76 bits per heavy atom. The molecule has 0 aliphatic heterocycles. The van der Waals surface area contributed by atoms with Crippen LogP contribution in [0, 0.1) is 18.3 Å². The average Bonchev–Trinajstić information content (AvgIpc) is 2.61. The lowest BCUT2D eigenvalue weighted by Gasteiger charge is -2.10. The van der Waals surface area contributed by atoms with E-state index in [9.17, 15) is 10.1 Å². The highest BCUT2D eigenvalue weighted by Gasteiger charge is 2.12. The molecule has 0 saturated carbocycles. The van der Waals surface area contributed by atoms with Crippen LogP contribution in [0.25, 0.3) is 6.08 Å². The van der Waals surface area contributed by atoms with E-state index in [1.165, 1.54) is 6.08 Å². The number of nitrogens with one attached hydrogen (secondary N) is 1. The molecule has 0 atom stereocenters. The molecule has 0 aliphatic rings. The maximum atomic E-state index is 12.4. The molecule has 0 heterocycles. The second-order valence-electron chi connectivity index (χ2n) is 5.47. The van der Waals surface area contributed by atoms with Crippen molar-refractivity contribution in [2.24, 2.45) is 0 Å². The molecule has 0 radical (unpaired) electrons. The van der Waals surface area contributed by atoms with Gasteiger partial charge in [0.15, 0.2) is 0 Å². The smallest absolute Gasteiger partial charge is 0.266 e. The summed E-state index contributed by atoms with van der Waals surface area (Å²) >= 11 is 5.92. The monoisotopic (exact) mass is 354 g/mol. The Hall–Kier alpha value is -2.77. The minimum absolute atomic E-state index is 0.00176. The summed E-state index contributed by atoms with van der Waals surface area (Å²) in [5, 5.41) is 12.7. The third kappa shape index (κ3) is 5.10. The summed E-state index contributed by atoms with van der Waals surface area (Å²) < 4.78 is 5.66. The molecule has 0 saturated heterocycles. The lowest BCUT2D eigenvalue weighted by atomic mass is 10.1. The number of halogens is 1. The van der Waals surface area contributed by atoms with E-state index in [0.717, 1.165) is 12.0 Å². The van der Waals surface area contributed by atoms with Crippen molar-refractivity contribution in [1.82, 2.24) is 0 Å². The third-order valence-corrected chi connectivity index (χ3v) is 3.72. The van der Waals surface area contributed by atoms with Gasteiger partial charge in [0, 0.05) is 16.3 Å². The van der Waals surface area contributed by atoms with Crippen molar-refractivity contribution in [2.75, 3.05) is 11.9 Å². The fourth-order valence-corrected chi connectivity index (χ4v) is 2.43. The Bertz CT molecular complexity index is 838. The molecule has 25 heavy (non-hydrogen) atoms. The summed E-state index contributed by atoms with van der Waals surface area (Å²) in [6, 6.07) is 14.4. The third-order valence-electron chi connectivity index (χ3n) is 3.48. The van der Waals surface area contributed by atoms with E-state index in [1.807, 2.05) is 44.2 Å². The molecule has 128 valence electrons. The normalized spacial score (nSPS) is 10.9. The van der Waals surface area contributed by atoms with E-state index in [4.69, 9.17) is 16.3 Å². The Labute approximate surface area is 152 Å². The van der Waals surface area contributed by atoms with Crippen molar-refractivity contribution < 1.29 is 9.53 Å². The minimum atomic E-state index is -0.474. The zero-order valence-corrected chi connectivity index (χ0v) is 14.9. The van der Waals surface area contributed by atoms with Gasteiger partial charge in [0.05, 0.1) is 6.61 Å². The molecule has 0 aliphatic carbocycles. The van der Waals surface area contributed by atoms with Gasteiger partial charge in [-0.25, -0.2) is 0 Å². The molecule has 2 aromatic carbocycles. The van der Waals surface area contributed by atoms with Crippen LogP contribution in [0.2, 0.25) is 5.02 Å². The van der Waals surface area contributed by atoms with Gasteiger partial charge in [0.2, 0.25) is 0 Å². The van der Waals surface area contributed by atoms with Gasteiger partial charge in [0.1, 0.15) is 17.4 Å². The number of hydrogen-bond donors (Lipinski definition) is 1. The summed E-state index contributed by atoms with van der Waals surface area (Å²) in [4.78, 5) is 12.4. The lowest BCUT2D eigenvalue weighted by molar-refractivity contribution is -0.112. The van der Waals surface area contributed by atoms with Gasteiger partial charge >= 0.3 is 0 Å². The van der Waals surface area contributed by atoms with E-state index in [2.05, 4.69) is 5.32 Å². The second-order valence-corrected chi connectivity index (χ2v) is 5.91. The van der Waals surface area contributed by atoms with E-state index in [1.54, 1.807) is 18.2 Å². The van der Waals surface area contributed by atoms with Gasteiger partial charge in [-0.3, -0.25) is 4.79 Å². The van der Waals surface area contributed by atoms with Crippen LogP contribution in [0.5, 0.6) is 5.75 Å². The summed E-state index contributed by atoms with van der Waals surface area (Å²) in [6.07, 6.45) is 2.41. The van der Waals surface area contributed by atoms with E-state index in [0.29, 0.717) is 28.6 Å². The van der Waals surface area contributed by atoms with Gasteiger partial charge in [0.25, 0.3) is 5.91 Å². The molecule has 1 amide bonds. The number of hydrogen-bond acceptors (Lipinski definition) is 3.